The standard InChI is InChI=1S/C20H32N4O4S/c1-15(2)17-5-7-18(8-6-17)29(27,28)24-11-9-23(10-12-24)14-20(26)21-13-19(25)22-16(3)4/h5-8,15-16H,9-14H2,1-4H3,(H,21,26)(H,22,25)/p+1. The molecule has 3 N–H and O–H groups in total. The van der Waals surface area contributed by atoms with E-state index in [2.05, 4.69) is 24.5 Å². The van der Waals surface area contributed by atoms with E-state index in [0.717, 1.165) is 10.5 Å². The maximum absolute atomic E-state index is 12.9. The van der Waals surface area contributed by atoms with E-state index in [4.69, 9.17) is 0 Å². The molecule has 2 amide bonds. The third kappa shape index (κ3) is 6.80. The Balaban J connectivity index is 1.83. The van der Waals surface area contributed by atoms with Crippen molar-refractivity contribution in [3.8, 4) is 0 Å². The third-order valence-corrected chi connectivity index (χ3v) is 6.83. The Labute approximate surface area is 173 Å². The second-order valence-electron chi connectivity index (χ2n) is 8.05. The predicted molar refractivity (Wildman–Crippen MR) is 111 cm³/mol. The van der Waals surface area contributed by atoms with Crippen LogP contribution in [0.5, 0.6) is 0 Å². The fourth-order valence-electron chi connectivity index (χ4n) is 3.23. The van der Waals surface area contributed by atoms with E-state index in [1.807, 2.05) is 26.0 Å². The molecule has 1 fully saturated rings. The van der Waals surface area contributed by atoms with Gasteiger partial charge in [0.1, 0.15) is 0 Å². The smallest absolute Gasteiger partial charge is 0.275 e. The molecule has 1 heterocycles. The number of hydrogen-bond acceptors (Lipinski definition) is 4. The lowest BCUT2D eigenvalue weighted by Crippen LogP contribution is -3.15. The number of sulfonamides is 1. The largest absolute Gasteiger partial charge is 0.352 e. The van der Waals surface area contributed by atoms with E-state index in [-0.39, 0.29) is 30.9 Å². The molecule has 0 unspecified atom stereocenters. The van der Waals surface area contributed by atoms with E-state index in [1.54, 1.807) is 12.1 Å². The predicted octanol–water partition coefficient (Wildman–Crippen LogP) is -0.660. The molecular formula is C20H33N4O4S+. The van der Waals surface area contributed by atoms with Gasteiger partial charge in [-0.3, -0.25) is 9.59 Å². The molecule has 1 aliphatic rings. The second-order valence-corrected chi connectivity index (χ2v) is 9.99. The monoisotopic (exact) mass is 425 g/mol. The Morgan fingerprint density at radius 2 is 1.62 bits per heavy atom. The van der Waals surface area contributed by atoms with Crippen molar-refractivity contribution in [2.45, 2.75) is 44.6 Å². The molecule has 0 saturated carbocycles. The summed E-state index contributed by atoms with van der Waals surface area (Å²) in [7, 11) is -3.52. The number of carbonyl (C=O) groups is 2. The molecule has 0 aliphatic carbocycles. The lowest BCUT2D eigenvalue weighted by atomic mass is 10.0. The summed E-state index contributed by atoms with van der Waals surface area (Å²) in [4.78, 5) is 24.9. The molecule has 0 aromatic heterocycles. The summed E-state index contributed by atoms with van der Waals surface area (Å²) >= 11 is 0. The van der Waals surface area contributed by atoms with Gasteiger partial charge in [-0.15, -0.1) is 0 Å². The van der Waals surface area contributed by atoms with Gasteiger partial charge in [0.05, 0.1) is 37.6 Å². The summed E-state index contributed by atoms with van der Waals surface area (Å²) in [5.74, 6) is -0.0799. The Hall–Kier alpha value is -1.97. The minimum atomic E-state index is -3.52. The first-order valence-electron chi connectivity index (χ1n) is 10.1. The zero-order chi connectivity index (χ0) is 21.6. The number of benzene rings is 1. The summed E-state index contributed by atoms with van der Waals surface area (Å²) < 4.78 is 27.2. The number of nitrogens with one attached hydrogen (secondary N) is 3. The molecule has 1 aromatic rings. The minimum absolute atomic E-state index is 0.0293. The fraction of sp³-hybridized carbons (Fsp3) is 0.600. The number of quaternary nitrogens is 1. The van der Waals surface area contributed by atoms with E-state index in [9.17, 15) is 18.0 Å². The van der Waals surface area contributed by atoms with Gasteiger partial charge in [0.2, 0.25) is 15.9 Å². The summed E-state index contributed by atoms with van der Waals surface area (Å²) in [6.45, 7) is 9.87. The van der Waals surface area contributed by atoms with E-state index >= 15 is 0 Å². The van der Waals surface area contributed by atoms with Gasteiger partial charge in [0.15, 0.2) is 6.54 Å². The first-order valence-corrected chi connectivity index (χ1v) is 11.5. The van der Waals surface area contributed by atoms with Gasteiger partial charge in [-0.05, 0) is 37.5 Å². The molecule has 1 aromatic carbocycles. The van der Waals surface area contributed by atoms with Gasteiger partial charge >= 0.3 is 0 Å². The van der Waals surface area contributed by atoms with Crippen molar-refractivity contribution in [1.82, 2.24) is 14.9 Å². The quantitative estimate of drug-likeness (QED) is 0.515. The highest BCUT2D eigenvalue weighted by molar-refractivity contribution is 7.89. The third-order valence-electron chi connectivity index (χ3n) is 4.92. The lowest BCUT2D eigenvalue weighted by molar-refractivity contribution is -0.895. The SMILES string of the molecule is CC(C)NC(=O)CNC(=O)C[NH+]1CCN(S(=O)(=O)c2ccc(C(C)C)cc2)CC1. The average Bonchev–Trinajstić information content (AvgIpc) is 2.66. The molecular weight excluding hydrogens is 392 g/mol. The normalized spacial score (nSPS) is 16.2. The Morgan fingerprint density at radius 3 is 2.14 bits per heavy atom. The fourth-order valence-corrected chi connectivity index (χ4v) is 4.68. The minimum Gasteiger partial charge on any atom is -0.352 e. The Morgan fingerprint density at radius 1 is 1.03 bits per heavy atom. The van der Waals surface area contributed by atoms with Crippen LogP contribution >= 0.6 is 0 Å². The first kappa shape index (κ1) is 23.3. The van der Waals surface area contributed by atoms with E-state index < -0.39 is 10.0 Å². The summed E-state index contributed by atoms with van der Waals surface area (Å²) in [6, 6.07) is 7.08. The van der Waals surface area contributed by atoms with Crippen LogP contribution < -0.4 is 15.5 Å². The van der Waals surface area contributed by atoms with Crippen LogP contribution in [0.4, 0.5) is 0 Å². The van der Waals surface area contributed by atoms with Crippen molar-refractivity contribution < 1.29 is 22.9 Å². The molecule has 1 aliphatic heterocycles. The average molecular weight is 426 g/mol. The van der Waals surface area contributed by atoms with Crippen molar-refractivity contribution in [3.05, 3.63) is 29.8 Å². The molecule has 29 heavy (non-hydrogen) atoms. The van der Waals surface area contributed by atoms with Crippen LogP contribution in [-0.4, -0.2) is 69.8 Å². The topological polar surface area (TPSA) is 100 Å². The molecule has 0 bridgehead atoms. The second kappa shape index (κ2) is 10.2. The summed E-state index contributed by atoms with van der Waals surface area (Å²) in [5, 5.41) is 5.33. The Bertz CT molecular complexity index is 798. The number of hydrogen-bond donors (Lipinski definition) is 3. The van der Waals surface area contributed by atoms with E-state index in [0.29, 0.717) is 37.0 Å². The van der Waals surface area contributed by atoms with Crippen LogP contribution in [-0.2, 0) is 19.6 Å². The number of carbonyl (C=O) groups excluding carboxylic acids is 2. The van der Waals surface area contributed by atoms with Crippen LogP contribution in [0.2, 0.25) is 0 Å². The van der Waals surface area contributed by atoms with Crippen LogP contribution in [0, 0.1) is 0 Å². The first-order chi connectivity index (χ1) is 13.6. The maximum atomic E-state index is 12.9. The summed E-state index contributed by atoms with van der Waals surface area (Å²) in [6.07, 6.45) is 0. The van der Waals surface area contributed by atoms with Gasteiger partial charge in [-0.2, -0.15) is 4.31 Å². The van der Waals surface area contributed by atoms with E-state index in [1.165, 1.54) is 4.31 Å². The highest BCUT2D eigenvalue weighted by Crippen LogP contribution is 2.20. The van der Waals surface area contributed by atoms with Crippen molar-refractivity contribution in [1.29, 1.82) is 0 Å². The number of piperazine rings is 1. The Kier molecular flexibility index (Phi) is 8.18. The molecule has 0 radical (unpaired) electrons. The zero-order valence-corrected chi connectivity index (χ0v) is 18.5. The van der Waals surface area contributed by atoms with Gasteiger partial charge in [-0.1, -0.05) is 26.0 Å². The summed E-state index contributed by atoms with van der Waals surface area (Å²) in [5.41, 5.74) is 1.10. The molecule has 0 atom stereocenters. The van der Waals surface area contributed by atoms with Crippen molar-refractivity contribution in [2.24, 2.45) is 0 Å². The maximum Gasteiger partial charge on any atom is 0.275 e. The lowest BCUT2D eigenvalue weighted by Gasteiger charge is -2.31. The van der Waals surface area contributed by atoms with Crippen LogP contribution in [0.25, 0.3) is 0 Å². The van der Waals surface area contributed by atoms with Crippen molar-refractivity contribution in [2.75, 3.05) is 39.3 Å². The highest BCUT2D eigenvalue weighted by atomic mass is 32.2. The van der Waals surface area contributed by atoms with Crippen molar-refractivity contribution >= 4 is 21.8 Å². The zero-order valence-electron chi connectivity index (χ0n) is 17.7. The molecule has 8 nitrogen and oxygen atoms in total. The highest BCUT2D eigenvalue weighted by Gasteiger charge is 2.31. The molecule has 9 heteroatoms. The number of nitrogens with zero attached hydrogens (tertiary/aromatic N) is 1. The molecule has 2 rings (SSSR count). The number of amides is 2. The molecule has 0 spiro atoms. The van der Waals surface area contributed by atoms with Gasteiger partial charge < -0.3 is 15.5 Å². The van der Waals surface area contributed by atoms with Crippen LogP contribution in [0.1, 0.15) is 39.2 Å². The van der Waals surface area contributed by atoms with Gasteiger partial charge in [-0.25, -0.2) is 8.42 Å². The van der Waals surface area contributed by atoms with Crippen molar-refractivity contribution in [3.63, 3.8) is 0 Å². The number of rotatable bonds is 8. The van der Waals surface area contributed by atoms with Crippen LogP contribution in [0.3, 0.4) is 0 Å². The van der Waals surface area contributed by atoms with Crippen LogP contribution in [0.15, 0.2) is 29.2 Å². The molecule has 162 valence electrons. The van der Waals surface area contributed by atoms with Gasteiger partial charge in [0.25, 0.3) is 5.91 Å². The molecule has 1 saturated heterocycles. The van der Waals surface area contributed by atoms with Gasteiger partial charge in [0, 0.05) is 6.04 Å².